The molecule has 2 fully saturated rings. The van der Waals surface area contributed by atoms with Crippen LogP contribution in [0.3, 0.4) is 0 Å². The first kappa shape index (κ1) is 10.5. The summed E-state index contributed by atoms with van der Waals surface area (Å²) in [6.07, 6.45) is 4.79. The van der Waals surface area contributed by atoms with Crippen LogP contribution in [-0.2, 0) is 14.4 Å². The lowest BCUT2D eigenvalue weighted by Crippen LogP contribution is -2.34. The van der Waals surface area contributed by atoms with Gasteiger partial charge in [0.1, 0.15) is 0 Å². The lowest BCUT2D eigenvalue weighted by molar-refractivity contribution is -0.142. The number of carboxylic acid groups (broad SMARTS) is 1. The molecule has 17 heavy (non-hydrogen) atoms. The van der Waals surface area contributed by atoms with Gasteiger partial charge in [-0.3, -0.25) is 19.3 Å². The monoisotopic (exact) mass is 235 g/mol. The van der Waals surface area contributed by atoms with Gasteiger partial charge >= 0.3 is 5.97 Å². The molecule has 2 amide bonds. The van der Waals surface area contributed by atoms with Crippen molar-refractivity contribution in [1.82, 2.24) is 4.90 Å². The molecule has 1 aliphatic heterocycles. The van der Waals surface area contributed by atoms with Crippen LogP contribution >= 0.6 is 0 Å². The Morgan fingerprint density at radius 1 is 1.24 bits per heavy atom. The smallest absolute Gasteiger partial charge is 0.305 e. The van der Waals surface area contributed by atoms with Crippen molar-refractivity contribution in [3.05, 3.63) is 12.2 Å². The van der Waals surface area contributed by atoms with Crippen molar-refractivity contribution in [2.24, 2.45) is 23.7 Å². The predicted molar refractivity (Wildman–Crippen MR) is 56.7 cm³/mol. The van der Waals surface area contributed by atoms with Crippen LogP contribution in [0.4, 0.5) is 0 Å². The average molecular weight is 235 g/mol. The van der Waals surface area contributed by atoms with E-state index in [0.717, 1.165) is 11.3 Å². The number of imide groups is 1. The molecule has 4 atom stereocenters. The SMILES string of the molecule is O=C(O)CCN1C(=O)[C@@H]2[C@@H](C1=O)[C@H]1C=C[C@H]2C1. The summed E-state index contributed by atoms with van der Waals surface area (Å²) >= 11 is 0. The highest BCUT2D eigenvalue weighted by atomic mass is 16.4. The maximum Gasteiger partial charge on any atom is 0.305 e. The summed E-state index contributed by atoms with van der Waals surface area (Å²) in [4.78, 5) is 35.8. The van der Waals surface area contributed by atoms with Crippen molar-refractivity contribution in [1.29, 1.82) is 0 Å². The summed E-state index contributed by atoms with van der Waals surface area (Å²) in [5.74, 6) is -1.37. The Hall–Kier alpha value is -1.65. The number of aliphatic carboxylic acids is 1. The normalized spacial score (nSPS) is 38.0. The van der Waals surface area contributed by atoms with Crippen LogP contribution in [-0.4, -0.2) is 34.3 Å². The van der Waals surface area contributed by atoms with Gasteiger partial charge in [-0.2, -0.15) is 0 Å². The zero-order chi connectivity index (χ0) is 12.2. The summed E-state index contributed by atoms with van der Waals surface area (Å²) in [5, 5.41) is 8.60. The molecule has 5 heteroatoms. The van der Waals surface area contributed by atoms with Gasteiger partial charge < -0.3 is 5.11 Å². The van der Waals surface area contributed by atoms with Gasteiger partial charge in [0.2, 0.25) is 11.8 Å². The quantitative estimate of drug-likeness (QED) is 0.562. The Morgan fingerprint density at radius 3 is 2.24 bits per heavy atom. The minimum absolute atomic E-state index is 0.0133. The molecule has 0 aromatic carbocycles. The van der Waals surface area contributed by atoms with Crippen LogP contribution in [0.15, 0.2) is 12.2 Å². The molecule has 0 aromatic heterocycles. The number of hydrogen-bond acceptors (Lipinski definition) is 3. The molecule has 0 unspecified atom stereocenters. The predicted octanol–water partition coefficient (Wildman–Crippen LogP) is 0.268. The molecule has 1 heterocycles. The van der Waals surface area contributed by atoms with Crippen LogP contribution in [0.25, 0.3) is 0 Å². The number of hydrogen-bond donors (Lipinski definition) is 1. The van der Waals surface area contributed by atoms with Gasteiger partial charge in [-0.05, 0) is 18.3 Å². The third kappa shape index (κ3) is 1.34. The summed E-state index contributed by atoms with van der Waals surface area (Å²) in [6.45, 7) is 0.0133. The van der Waals surface area contributed by atoms with E-state index in [9.17, 15) is 14.4 Å². The Kier molecular flexibility index (Phi) is 2.11. The van der Waals surface area contributed by atoms with Gasteiger partial charge in [-0.15, -0.1) is 0 Å². The first-order chi connectivity index (χ1) is 8.09. The van der Waals surface area contributed by atoms with Crippen LogP contribution in [0.1, 0.15) is 12.8 Å². The van der Waals surface area contributed by atoms with Crippen molar-refractivity contribution in [2.75, 3.05) is 6.54 Å². The van der Waals surface area contributed by atoms with Gasteiger partial charge in [-0.1, -0.05) is 12.2 Å². The maximum absolute atomic E-state index is 12.1. The highest BCUT2D eigenvalue weighted by molar-refractivity contribution is 6.06. The fraction of sp³-hybridized carbons (Fsp3) is 0.583. The minimum atomic E-state index is -0.983. The lowest BCUT2D eigenvalue weighted by Gasteiger charge is -2.15. The summed E-state index contributed by atoms with van der Waals surface area (Å²) in [6, 6.07) is 0. The van der Waals surface area contributed by atoms with E-state index in [2.05, 4.69) is 0 Å². The number of allylic oxidation sites excluding steroid dienone is 2. The third-order valence-electron chi connectivity index (χ3n) is 4.11. The number of carboxylic acids is 1. The average Bonchev–Trinajstić information content (AvgIpc) is 2.92. The van der Waals surface area contributed by atoms with Crippen LogP contribution in [0.2, 0.25) is 0 Å². The second kappa shape index (κ2) is 3.42. The van der Waals surface area contributed by atoms with Crippen molar-refractivity contribution in [3.63, 3.8) is 0 Å². The molecule has 2 aliphatic carbocycles. The zero-order valence-electron chi connectivity index (χ0n) is 9.20. The first-order valence-electron chi connectivity index (χ1n) is 5.85. The van der Waals surface area contributed by atoms with Gasteiger partial charge in [0.15, 0.2) is 0 Å². The highest BCUT2D eigenvalue weighted by Gasteiger charge is 2.58. The number of rotatable bonds is 3. The molecule has 90 valence electrons. The molecule has 0 spiro atoms. The molecular formula is C12H13NO4. The molecule has 1 saturated heterocycles. The van der Waals surface area contributed by atoms with Crippen LogP contribution < -0.4 is 0 Å². The Balaban J connectivity index is 1.80. The van der Waals surface area contributed by atoms with E-state index in [0.29, 0.717) is 0 Å². The molecular weight excluding hydrogens is 222 g/mol. The maximum atomic E-state index is 12.1. The van der Waals surface area contributed by atoms with E-state index >= 15 is 0 Å². The van der Waals surface area contributed by atoms with E-state index in [-0.39, 0.29) is 48.5 Å². The number of amides is 2. The number of fused-ring (bicyclic) bond motifs is 5. The van der Waals surface area contributed by atoms with E-state index in [1.54, 1.807) is 0 Å². The Morgan fingerprint density at radius 2 is 1.76 bits per heavy atom. The number of likely N-dealkylation sites (tertiary alicyclic amines) is 1. The number of nitrogens with zero attached hydrogens (tertiary/aromatic N) is 1. The van der Waals surface area contributed by atoms with E-state index < -0.39 is 5.97 Å². The Labute approximate surface area is 98.1 Å². The number of carbonyl (C=O) groups is 3. The Bertz CT molecular complexity index is 412. The van der Waals surface area contributed by atoms with Crippen molar-refractivity contribution in [3.8, 4) is 0 Å². The van der Waals surface area contributed by atoms with E-state index in [1.807, 2.05) is 12.2 Å². The molecule has 3 rings (SSSR count). The van der Waals surface area contributed by atoms with Crippen LogP contribution in [0, 0.1) is 23.7 Å². The fourth-order valence-corrected chi connectivity index (χ4v) is 3.39. The minimum Gasteiger partial charge on any atom is -0.481 e. The van der Waals surface area contributed by atoms with E-state index in [1.165, 1.54) is 0 Å². The second-order valence-corrected chi connectivity index (χ2v) is 4.97. The summed E-state index contributed by atoms with van der Waals surface area (Å²) in [7, 11) is 0. The summed E-state index contributed by atoms with van der Waals surface area (Å²) in [5.41, 5.74) is 0. The van der Waals surface area contributed by atoms with Crippen molar-refractivity contribution < 1.29 is 19.5 Å². The van der Waals surface area contributed by atoms with E-state index in [4.69, 9.17) is 5.11 Å². The summed E-state index contributed by atoms with van der Waals surface area (Å²) < 4.78 is 0. The van der Waals surface area contributed by atoms with Gasteiger partial charge in [0.25, 0.3) is 0 Å². The van der Waals surface area contributed by atoms with Crippen LogP contribution in [0.5, 0.6) is 0 Å². The molecule has 3 aliphatic rings. The molecule has 5 nitrogen and oxygen atoms in total. The first-order valence-corrected chi connectivity index (χ1v) is 5.85. The number of carbonyl (C=O) groups excluding carboxylic acids is 2. The molecule has 0 radical (unpaired) electrons. The molecule has 1 N–H and O–H groups in total. The topological polar surface area (TPSA) is 74.7 Å². The highest BCUT2D eigenvalue weighted by Crippen LogP contribution is 2.52. The van der Waals surface area contributed by atoms with Gasteiger partial charge in [0, 0.05) is 6.54 Å². The van der Waals surface area contributed by atoms with Gasteiger partial charge in [0.05, 0.1) is 18.3 Å². The second-order valence-electron chi connectivity index (χ2n) is 4.97. The zero-order valence-corrected chi connectivity index (χ0v) is 9.20. The molecule has 1 saturated carbocycles. The van der Waals surface area contributed by atoms with Crippen molar-refractivity contribution in [2.45, 2.75) is 12.8 Å². The standard InChI is InChI=1S/C12H13NO4/c14-8(15)3-4-13-11(16)9-6-1-2-7(5-6)10(9)12(13)17/h1-2,6-7,9-10H,3-5H2,(H,14,15)/t6-,7-,9-,10-/m0/s1. The largest absolute Gasteiger partial charge is 0.481 e. The third-order valence-corrected chi connectivity index (χ3v) is 4.11. The molecule has 0 aromatic rings. The lowest BCUT2D eigenvalue weighted by atomic mass is 9.85. The van der Waals surface area contributed by atoms with Gasteiger partial charge in [-0.25, -0.2) is 0 Å². The molecule has 2 bridgehead atoms. The van der Waals surface area contributed by atoms with Crippen molar-refractivity contribution >= 4 is 17.8 Å². The fourth-order valence-electron chi connectivity index (χ4n) is 3.39.